The van der Waals surface area contributed by atoms with E-state index in [1.54, 1.807) is 16.8 Å². The Labute approximate surface area is 170 Å². The molecule has 2 saturated heterocycles. The molecule has 2 aliphatic heterocycles. The molecule has 3 N–H and O–H groups in total. The third-order valence-corrected chi connectivity index (χ3v) is 6.43. The average molecular weight is 454 g/mol. The van der Waals surface area contributed by atoms with Crippen molar-refractivity contribution in [1.29, 1.82) is 0 Å². The van der Waals surface area contributed by atoms with Crippen LogP contribution in [0.4, 0.5) is 4.79 Å². The summed E-state index contributed by atoms with van der Waals surface area (Å²) in [6.45, 7) is 0.724. The van der Waals surface area contributed by atoms with Crippen molar-refractivity contribution < 1.29 is 4.79 Å². The first-order valence-corrected chi connectivity index (χ1v) is 10.5. The third kappa shape index (κ3) is 3.87. The summed E-state index contributed by atoms with van der Waals surface area (Å²) >= 11 is 11.1. The van der Waals surface area contributed by atoms with E-state index in [2.05, 4.69) is 44.1 Å². The fourth-order valence-corrected chi connectivity index (χ4v) is 4.58. The van der Waals surface area contributed by atoms with Crippen LogP contribution >= 0.6 is 39.3 Å². The number of nitrogens with one attached hydrogen (secondary N) is 3. The van der Waals surface area contributed by atoms with Gasteiger partial charge in [0.05, 0.1) is 0 Å². The van der Waals surface area contributed by atoms with E-state index in [1.807, 2.05) is 36.4 Å². The Bertz CT molecular complexity index is 789. The van der Waals surface area contributed by atoms with E-state index in [0.717, 1.165) is 21.8 Å². The van der Waals surface area contributed by atoms with Crippen molar-refractivity contribution in [3.05, 3.63) is 69.2 Å². The van der Waals surface area contributed by atoms with E-state index in [0.29, 0.717) is 0 Å². The first-order chi connectivity index (χ1) is 12.6. The van der Waals surface area contributed by atoms with Gasteiger partial charge in [0, 0.05) is 27.7 Å². The molecule has 2 amide bonds. The third-order valence-electron chi connectivity index (χ3n) is 4.56. The van der Waals surface area contributed by atoms with Gasteiger partial charge in [0.1, 0.15) is 11.7 Å². The highest BCUT2D eigenvalue weighted by molar-refractivity contribution is 9.10. The number of fused-ring (bicyclic) bond motifs is 1. The fourth-order valence-electron chi connectivity index (χ4n) is 3.21. The Morgan fingerprint density at radius 3 is 2.62 bits per heavy atom. The van der Waals surface area contributed by atoms with Crippen molar-refractivity contribution in [1.82, 2.24) is 21.1 Å². The van der Waals surface area contributed by atoms with Crippen LogP contribution in [-0.4, -0.2) is 29.2 Å². The second-order valence-electron chi connectivity index (χ2n) is 6.27. The molecule has 3 unspecified atom stereocenters. The van der Waals surface area contributed by atoms with Gasteiger partial charge in [-0.1, -0.05) is 51.8 Å². The minimum atomic E-state index is -0.141. The van der Waals surface area contributed by atoms with Gasteiger partial charge >= 0.3 is 6.03 Å². The number of hydrogen-bond donors (Lipinski definition) is 3. The summed E-state index contributed by atoms with van der Waals surface area (Å²) in [7, 11) is 0. The van der Waals surface area contributed by atoms with Gasteiger partial charge in [-0.2, -0.15) is 0 Å². The lowest BCUT2D eigenvalue weighted by Gasteiger charge is -2.37. The lowest BCUT2D eigenvalue weighted by molar-refractivity contribution is 0.128. The highest BCUT2D eigenvalue weighted by Crippen LogP contribution is 2.30. The maximum absolute atomic E-state index is 12.4. The Balaban J connectivity index is 1.44. The van der Waals surface area contributed by atoms with E-state index >= 15 is 0 Å². The van der Waals surface area contributed by atoms with Crippen molar-refractivity contribution in [3.8, 4) is 0 Å². The minimum absolute atomic E-state index is 0.0763. The summed E-state index contributed by atoms with van der Waals surface area (Å²) in [4.78, 5) is 12.4. The summed E-state index contributed by atoms with van der Waals surface area (Å²) in [5.41, 5.74) is 5.43. The van der Waals surface area contributed by atoms with Crippen LogP contribution in [0, 0.1) is 0 Å². The van der Waals surface area contributed by atoms with E-state index in [4.69, 9.17) is 11.6 Å². The van der Waals surface area contributed by atoms with Crippen molar-refractivity contribution >= 4 is 45.3 Å². The molecule has 2 aliphatic rings. The molecule has 3 atom stereocenters. The van der Waals surface area contributed by atoms with Crippen LogP contribution in [-0.2, 0) is 5.75 Å². The summed E-state index contributed by atoms with van der Waals surface area (Å²) in [6.07, 6.45) is -0.0763. The standard InChI is InChI=1S/C18H18BrClN4OS/c19-13-5-3-12(4-6-13)15-9-21-24-16(15)22-17(23-18(24)25)26-10-11-1-7-14(20)8-2-11/h1-8,15-17,21-22H,9-10H2,(H,23,25). The summed E-state index contributed by atoms with van der Waals surface area (Å²) in [5, 5.41) is 8.93. The first kappa shape index (κ1) is 18.1. The van der Waals surface area contributed by atoms with Crippen LogP contribution in [0.1, 0.15) is 17.0 Å². The minimum Gasteiger partial charge on any atom is -0.312 e. The second-order valence-corrected chi connectivity index (χ2v) is 8.71. The molecule has 0 spiro atoms. The van der Waals surface area contributed by atoms with Crippen LogP contribution in [0.5, 0.6) is 0 Å². The number of hydrogen-bond acceptors (Lipinski definition) is 4. The fraction of sp³-hybridized carbons (Fsp3) is 0.278. The van der Waals surface area contributed by atoms with Crippen LogP contribution in [0.25, 0.3) is 0 Å². The zero-order valence-electron chi connectivity index (χ0n) is 13.8. The Hall–Kier alpha value is -1.25. The maximum Gasteiger partial charge on any atom is 0.335 e. The predicted molar refractivity (Wildman–Crippen MR) is 109 cm³/mol. The summed E-state index contributed by atoms with van der Waals surface area (Å²) in [5.74, 6) is 0.992. The lowest BCUT2D eigenvalue weighted by atomic mass is 9.97. The molecule has 26 heavy (non-hydrogen) atoms. The molecule has 2 aromatic rings. The van der Waals surface area contributed by atoms with Gasteiger partial charge in [-0.3, -0.25) is 5.32 Å². The van der Waals surface area contributed by atoms with Gasteiger partial charge in [-0.05, 0) is 35.4 Å². The van der Waals surface area contributed by atoms with E-state index in [-0.39, 0.29) is 23.6 Å². The highest BCUT2D eigenvalue weighted by Gasteiger charge is 2.43. The quantitative estimate of drug-likeness (QED) is 0.658. The van der Waals surface area contributed by atoms with Crippen molar-refractivity contribution in [2.75, 3.05) is 6.54 Å². The molecule has 2 heterocycles. The molecular formula is C18H18BrClN4OS. The van der Waals surface area contributed by atoms with Gasteiger partial charge in [0.2, 0.25) is 0 Å². The molecular weight excluding hydrogens is 436 g/mol. The molecule has 0 radical (unpaired) electrons. The topological polar surface area (TPSA) is 56.4 Å². The molecule has 0 bridgehead atoms. The van der Waals surface area contributed by atoms with Crippen LogP contribution in [0.15, 0.2) is 53.0 Å². The number of thioether (sulfide) groups is 1. The number of urea groups is 1. The Morgan fingerprint density at radius 1 is 1.15 bits per heavy atom. The zero-order valence-corrected chi connectivity index (χ0v) is 16.9. The number of carbonyl (C=O) groups is 1. The average Bonchev–Trinajstić information content (AvgIpc) is 3.06. The number of hydrazine groups is 1. The first-order valence-electron chi connectivity index (χ1n) is 8.31. The number of nitrogens with zero attached hydrogens (tertiary/aromatic N) is 1. The molecule has 136 valence electrons. The monoisotopic (exact) mass is 452 g/mol. The van der Waals surface area contributed by atoms with Gasteiger partial charge in [-0.25, -0.2) is 15.2 Å². The lowest BCUT2D eigenvalue weighted by Crippen LogP contribution is -2.65. The number of amides is 2. The number of rotatable bonds is 4. The maximum atomic E-state index is 12.4. The number of carbonyl (C=O) groups excluding carboxylic acids is 1. The van der Waals surface area contributed by atoms with Crippen molar-refractivity contribution in [3.63, 3.8) is 0 Å². The molecule has 0 aromatic heterocycles. The zero-order chi connectivity index (χ0) is 18.1. The molecule has 0 aliphatic carbocycles. The summed E-state index contributed by atoms with van der Waals surface area (Å²) in [6, 6.07) is 16.0. The smallest absolute Gasteiger partial charge is 0.312 e. The normalized spacial score (nSPS) is 25.1. The molecule has 4 rings (SSSR count). The van der Waals surface area contributed by atoms with E-state index in [9.17, 15) is 4.79 Å². The molecule has 2 aromatic carbocycles. The van der Waals surface area contributed by atoms with Gasteiger partial charge in [0.15, 0.2) is 0 Å². The van der Waals surface area contributed by atoms with E-state index in [1.165, 1.54) is 11.1 Å². The second kappa shape index (κ2) is 7.78. The van der Waals surface area contributed by atoms with Crippen LogP contribution in [0.2, 0.25) is 5.02 Å². The van der Waals surface area contributed by atoms with Gasteiger partial charge < -0.3 is 5.32 Å². The predicted octanol–water partition coefficient (Wildman–Crippen LogP) is 3.86. The molecule has 5 nitrogen and oxygen atoms in total. The molecule has 8 heteroatoms. The highest BCUT2D eigenvalue weighted by atomic mass is 79.9. The van der Waals surface area contributed by atoms with Crippen LogP contribution < -0.4 is 16.1 Å². The van der Waals surface area contributed by atoms with E-state index < -0.39 is 0 Å². The molecule has 2 fully saturated rings. The molecule has 0 saturated carbocycles. The number of benzene rings is 2. The largest absolute Gasteiger partial charge is 0.335 e. The SMILES string of the molecule is O=C1NC(SCc2ccc(Cl)cc2)NC2C(c3ccc(Br)cc3)CNN12. The van der Waals surface area contributed by atoms with Gasteiger partial charge in [0.25, 0.3) is 0 Å². The van der Waals surface area contributed by atoms with Gasteiger partial charge in [-0.15, -0.1) is 11.8 Å². The Morgan fingerprint density at radius 2 is 1.88 bits per heavy atom. The van der Waals surface area contributed by atoms with Crippen molar-refractivity contribution in [2.24, 2.45) is 0 Å². The number of halogens is 2. The Kier molecular flexibility index (Phi) is 5.42. The van der Waals surface area contributed by atoms with Crippen LogP contribution in [0.3, 0.4) is 0 Å². The summed E-state index contributed by atoms with van der Waals surface area (Å²) < 4.78 is 1.05. The van der Waals surface area contributed by atoms with Crippen molar-refractivity contribution in [2.45, 2.75) is 23.3 Å².